The molecule has 0 unspecified atom stereocenters. The maximum atomic E-state index is 12.4. The number of hydrogen-bond acceptors (Lipinski definition) is 3. The molecular weight excluding hydrogens is 262 g/mol. The maximum Gasteiger partial charge on any atom is 0.227 e. The summed E-state index contributed by atoms with van der Waals surface area (Å²) in [5.74, 6) is 0.159. The molecule has 0 spiro atoms. The van der Waals surface area contributed by atoms with E-state index in [1.54, 1.807) is 0 Å². The van der Waals surface area contributed by atoms with E-state index in [2.05, 4.69) is 18.0 Å². The number of pyridine rings is 1. The number of rotatable bonds is 2. The van der Waals surface area contributed by atoms with Crippen molar-refractivity contribution in [3.8, 4) is 0 Å². The molecule has 0 bridgehead atoms. The standard InChI is InChI=1S/C17H21N3O/c1-11-14-5-3-4-6-16(14)19-12(2)15(11)9-17(21)20-8-7-13(18)10-20/h3-6,13H,7-10,18H2,1-2H3/t13-/m1/s1. The van der Waals surface area contributed by atoms with Crippen molar-refractivity contribution in [3.05, 3.63) is 41.1 Å². The number of carbonyl (C=O) groups excluding carboxylic acids is 1. The van der Waals surface area contributed by atoms with Crippen molar-refractivity contribution in [3.63, 3.8) is 0 Å². The summed E-state index contributed by atoms with van der Waals surface area (Å²) in [5, 5.41) is 1.13. The molecule has 1 atom stereocenters. The van der Waals surface area contributed by atoms with E-state index in [4.69, 9.17) is 5.73 Å². The van der Waals surface area contributed by atoms with E-state index in [0.717, 1.165) is 40.7 Å². The van der Waals surface area contributed by atoms with E-state index >= 15 is 0 Å². The first-order valence-corrected chi connectivity index (χ1v) is 7.44. The van der Waals surface area contributed by atoms with Crippen LogP contribution in [-0.4, -0.2) is 34.9 Å². The summed E-state index contributed by atoms with van der Waals surface area (Å²) in [6, 6.07) is 8.21. The number of likely N-dealkylation sites (tertiary alicyclic amines) is 1. The molecule has 4 nitrogen and oxygen atoms in total. The largest absolute Gasteiger partial charge is 0.341 e. The minimum atomic E-state index is 0.130. The molecule has 2 N–H and O–H groups in total. The Morgan fingerprint density at radius 2 is 2.14 bits per heavy atom. The van der Waals surface area contributed by atoms with Crippen molar-refractivity contribution in [1.82, 2.24) is 9.88 Å². The zero-order valence-corrected chi connectivity index (χ0v) is 12.6. The highest BCUT2D eigenvalue weighted by Gasteiger charge is 2.24. The first-order valence-electron chi connectivity index (χ1n) is 7.44. The van der Waals surface area contributed by atoms with Gasteiger partial charge in [-0.25, -0.2) is 0 Å². The summed E-state index contributed by atoms with van der Waals surface area (Å²) >= 11 is 0. The zero-order valence-electron chi connectivity index (χ0n) is 12.6. The summed E-state index contributed by atoms with van der Waals surface area (Å²) in [4.78, 5) is 19.0. The Morgan fingerprint density at radius 3 is 2.86 bits per heavy atom. The number of nitrogens with zero attached hydrogens (tertiary/aromatic N) is 2. The number of hydrogen-bond donors (Lipinski definition) is 1. The van der Waals surface area contributed by atoms with Gasteiger partial charge in [-0.2, -0.15) is 0 Å². The lowest BCUT2D eigenvalue weighted by Crippen LogP contribution is -2.33. The number of fused-ring (bicyclic) bond motifs is 1. The Bertz CT molecular complexity index is 696. The van der Waals surface area contributed by atoms with Crippen LogP contribution in [0, 0.1) is 13.8 Å². The molecule has 110 valence electrons. The lowest BCUT2D eigenvalue weighted by atomic mass is 9.99. The molecule has 2 aromatic rings. The fraction of sp³-hybridized carbons (Fsp3) is 0.412. The van der Waals surface area contributed by atoms with Crippen LogP contribution in [0.25, 0.3) is 10.9 Å². The second kappa shape index (κ2) is 5.45. The first kappa shape index (κ1) is 14.0. The van der Waals surface area contributed by atoms with E-state index in [1.807, 2.05) is 30.0 Å². The van der Waals surface area contributed by atoms with Gasteiger partial charge in [-0.1, -0.05) is 18.2 Å². The zero-order chi connectivity index (χ0) is 15.0. The van der Waals surface area contributed by atoms with Crippen molar-refractivity contribution in [2.24, 2.45) is 5.73 Å². The van der Waals surface area contributed by atoms with Crippen LogP contribution in [-0.2, 0) is 11.2 Å². The van der Waals surface area contributed by atoms with E-state index in [-0.39, 0.29) is 11.9 Å². The predicted octanol–water partition coefficient (Wildman–Crippen LogP) is 1.95. The third-order valence-electron chi connectivity index (χ3n) is 4.39. The number of benzene rings is 1. The number of aromatic nitrogens is 1. The van der Waals surface area contributed by atoms with Gasteiger partial charge in [-0.3, -0.25) is 9.78 Å². The van der Waals surface area contributed by atoms with Gasteiger partial charge in [0.05, 0.1) is 11.9 Å². The molecule has 3 rings (SSSR count). The highest BCUT2D eigenvalue weighted by molar-refractivity contribution is 5.86. The number of nitrogens with two attached hydrogens (primary N) is 1. The molecule has 1 aliphatic rings. The third-order valence-corrected chi connectivity index (χ3v) is 4.39. The van der Waals surface area contributed by atoms with Gasteiger partial charge < -0.3 is 10.6 Å². The normalized spacial score (nSPS) is 18.4. The van der Waals surface area contributed by atoms with Gasteiger partial charge in [0, 0.05) is 30.2 Å². The molecule has 0 aliphatic carbocycles. The van der Waals surface area contributed by atoms with Gasteiger partial charge in [-0.05, 0) is 37.5 Å². The van der Waals surface area contributed by atoms with Crippen molar-refractivity contribution in [2.45, 2.75) is 32.7 Å². The second-order valence-corrected chi connectivity index (χ2v) is 5.88. The van der Waals surface area contributed by atoms with E-state index in [9.17, 15) is 4.79 Å². The second-order valence-electron chi connectivity index (χ2n) is 5.88. The highest BCUT2D eigenvalue weighted by atomic mass is 16.2. The van der Waals surface area contributed by atoms with E-state index in [0.29, 0.717) is 13.0 Å². The highest BCUT2D eigenvalue weighted by Crippen LogP contribution is 2.23. The molecule has 2 heterocycles. The average Bonchev–Trinajstić information content (AvgIpc) is 2.90. The Labute approximate surface area is 125 Å². The quantitative estimate of drug-likeness (QED) is 0.916. The number of carbonyl (C=O) groups is 1. The van der Waals surface area contributed by atoms with Crippen molar-refractivity contribution >= 4 is 16.8 Å². The van der Waals surface area contributed by atoms with Gasteiger partial charge in [-0.15, -0.1) is 0 Å². The van der Waals surface area contributed by atoms with Crippen LogP contribution in [0.2, 0.25) is 0 Å². The van der Waals surface area contributed by atoms with Gasteiger partial charge in [0.2, 0.25) is 5.91 Å². The molecule has 1 amide bonds. The van der Waals surface area contributed by atoms with E-state index < -0.39 is 0 Å². The molecule has 1 saturated heterocycles. The predicted molar refractivity (Wildman–Crippen MR) is 84.1 cm³/mol. The molecule has 1 aliphatic heterocycles. The molecular formula is C17H21N3O. The summed E-state index contributed by atoms with van der Waals surface area (Å²) in [5.41, 5.74) is 10.0. The number of para-hydroxylation sites is 1. The lowest BCUT2D eigenvalue weighted by molar-refractivity contribution is -0.129. The maximum absolute atomic E-state index is 12.4. The summed E-state index contributed by atoms with van der Waals surface area (Å²) in [6.45, 7) is 5.52. The SMILES string of the molecule is Cc1nc2ccccc2c(C)c1CC(=O)N1CC[C@@H](N)C1. The third kappa shape index (κ3) is 2.63. The fourth-order valence-corrected chi connectivity index (χ4v) is 3.11. The van der Waals surface area contributed by atoms with Crippen LogP contribution in [0.5, 0.6) is 0 Å². The van der Waals surface area contributed by atoms with Gasteiger partial charge >= 0.3 is 0 Å². The lowest BCUT2D eigenvalue weighted by Gasteiger charge is -2.18. The Hall–Kier alpha value is -1.94. The summed E-state index contributed by atoms with van der Waals surface area (Å²) in [6.07, 6.45) is 1.32. The number of amides is 1. The minimum absolute atomic E-state index is 0.130. The monoisotopic (exact) mass is 283 g/mol. The topological polar surface area (TPSA) is 59.2 Å². The molecule has 0 radical (unpaired) electrons. The average molecular weight is 283 g/mol. The van der Waals surface area contributed by atoms with Crippen LogP contribution < -0.4 is 5.73 Å². The van der Waals surface area contributed by atoms with Gasteiger partial charge in [0.15, 0.2) is 0 Å². The molecule has 1 fully saturated rings. The molecule has 0 saturated carbocycles. The summed E-state index contributed by atoms with van der Waals surface area (Å²) in [7, 11) is 0. The Balaban J connectivity index is 1.91. The minimum Gasteiger partial charge on any atom is -0.341 e. The molecule has 1 aromatic carbocycles. The fourth-order valence-electron chi connectivity index (χ4n) is 3.11. The molecule has 4 heteroatoms. The summed E-state index contributed by atoms with van der Waals surface area (Å²) < 4.78 is 0. The van der Waals surface area contributed by atoms with Crippen LogP contribution in [0.15, 0.2) is 24.3 Å². The van der Waals surface area contributed by atoms with Gasteiger partial charge in [0.1, 0.15) is 0 Å². The van der Waals surface area contributed by atoms with Crippen molar-refractivity contribution < 1.29 is 4.79 Å². The van der Waals surface area contributed by atoms with Crippen LogP contribution >= 0.6 is 0 Å². The smallest absolute Gasteiger partial charge is 0.227 e. The van der Waals surface area contributed by atoms with E-state index in [1.165, 1.54) is 0 Å². The molecule has 21 heavy (non-hydrogen) atoms. The van der Waals surface area contributed by atoms with Gasteiger partial charge in [0.25, 0.3) is 0 Å². The van der Waals surface area contributed by atoms with Crippen molar-refractivity contribution in [2.75, 3.05) is 13.1 Å². The first-order chi connectivity index (χ1) is 10.1. The van der Waals surface area contributed by atoms with Crippen LogP contribution in [0.4, 0.5) is 0 Å². The van der Waals surface area contributed by atoms with Crippen molar-refractivity contribution in [1.29, 1.82) is 0 Å². The van der Waals surface area contributed by atoms with Crippen LogP contribution in [0.3, 0.4) is 0 Å². The molecule has 1 aromatic heterocycles. The Morgan fingerprint density at radius 1 is 1.38 bits per heavy atom. The number of aryl methyl sites for hydroxylation is 2. The Kier molecular flexibility index (Phi) is 3.64. The van der Waals surface area contributed by atoms with Crippen LogP contribution in [0.1, 0.15) is 23.2 Å².